The molecule has 2 nitrogen and oxygen atoms in total. The van der Waals surface area contributed by atoms with Crippen molar-refractivity contribution >= 4 is 12.6 Å². The first kappa shape index (κ1) is 11.8. The molecule has 0 spiro atoms. The molecule has 0 aliphatic carbocycles. The lowest BCUT2D eigenvalue weighted by atomic mass is 9.78. The average molecular weight is 230 g/mol. The molecule has 2 rings (SSSR count). The van der Waals surface area contributed by atoms with Crippen molar-refractivity contribution in [3.63, 3.8) is 0 Å². The highest BCUT2D eigenvalue weighted by Gasteiger charge is 2.18. The number of hydrogen-bond donors (Lipinski definition) is 2. The number of rotatable bonds is 2. The molecule has 0 heterocycles. The minimum absolute atomic E-state index is 0.0952. The van der Waals surface area contributed by atoms with E-state index in [-0.39, 0.29) is 5.46 Å². The number of halogens is 1. The SMILES string of the molecule is Cc1cc(B(O)O)c(F)cc1-c1ccccc1. The zero-order valence-corrected chi connectivity index (χ0v) is 9.39. The maximum absolute atomic E-state index is 13.6. The van der Waals surface area contributed by atoms with Crippen molar-refractivity contribution in [2.75, 3.05) is 0 Å². The van der Waals surface area contributed by atoms with Crippen LogP contribution in [0.3, 0.4) is 0 Å². The van der Waals surface area contributed by atoms with Crippen LogP contribution < -0.4 is 5.46 Å². The van der Waals surface area contributed by atoms with E-state index in [4.69, 9.17) is 10.0 Å². The third-order valence-electron chi connectivity index (χ3n) is 2.71. The van der Waals surface area contributed by atoms with E-state index in [1.807, 2.05) is 37.3 Å². The Morgan fingerprint density at radius 1 is 1.06 bits per heavy atom. The molecule has 86 valence electrons. The van der Waals surface area contributed by atoms with Crippen LogP contribution in [0.25, 0.3) is 11.1 Å². The molecule has 0 fully saturated rings. The maximum Gasteiger partial charge on any atom is 0.491 e. The molecule has 0 aliphatic rings. The molecule has 4 heteroatoms. The Hall–Kier alpha value is -1.65. The van der Waals surface area contributed by atoms with Crippen molar-refractivity contribution in [2.45, 2.75) is 6.92 Å². The highest BCUT2D eigenvalue weighted by molar-refractivity contribution is 6.58. The highest BCUT2D eigenvalue weighted by atomic mass is 19.1. The van der Waals surface area contributed by atoms with Crippen molar-refractivity contribution in [1.29, 1.82) is 0 Å². The first-order chi connectivity index (χ1) is 8.09. The van der Waals surface area contributed by atoms with Crippen molar-refractivity contribution < 1.29 is 14.4 Å². The van der Waals surface area contributed by atoms with Gasteiger partial charge in [-0.25, -0.2) is 4.39 Å². The van der Waals surface area contributed by atoms with E-state index in [1.165, 1.54) is 12.1 Å². The van der Waals surface area contributed by atoms with Gasteiger partial charge in [-0.15, -0.1) is 0 Å². The van der Waals surface area contributed by atoms with Gasteiger partial charge in [0.05, 0.1) is 0 Å². The summed E-state index contributed by atoms with van der Waals surface area (Å²) >= 11 is 0. The summed E-state index contributed by atoms with van der Waals surface area (Å²) in [5, 5.41) is 18.0. The Morgan fingerprint density at radius 3 is 2.29 bits per heavy atom. The molecule has 0 unspecified atom stereocenters. The Morgan fingerprint density at radius 2 is 1.71 bits per heavy atom. The van der Waals surface area contributed by atoms with Crippen LogP contribution in [0.1, 0.15) is 5.56 Å². The first-order valence-corrected chi connectivity index (χ1v) is 5.31. The molecule has 2 N–H and O–H groups in total. The summed E-state index contributed by atoms with van der Waals surface area (Å²) in [6, 6.07) is 12.2. The third-order valence-corrected chi connectivity index (χ3v) is 2.71. The van der Waals surface area contributed by atoms with Crippen molar-refractivity contribution in [3.8, 4) is 11.1 Å². The van der Waals surface area contributed by atoms with Gasteiger partial charge in [-0.2, -0.15) is 0 Å². The minimum Gasteiger partial charge on any atom is -0.423 e. The lowest BCUT2D eigenvalue weighted by Gasteiger charge is -2.10. The quantitative estimate of drug-likeness (QED) is 0.767. The summed E-state index contributed by atoms with van der Waals surface area (Å²) in [7, 11) is -1.78. The molecule has 0 bridgehead atoms. The molecule has 0 aliphatic heterocycles. The Kier molecular flexibility index (Phi) is 3.27. The fourth-order valence-electron chi connectivity index (χ4n) is 1.83. The molecule has 0 atom stereocenters. The zero-order valence-electron chi connectivity index (χ0n) is 9.39. The van der Waals surface area contributed by atoms with Gasteiger partial charge in [-0.05, 0) is 29.7 Å². The van der Waals surface area contributed by atoms with Crippen molar-refractivity contribution in [3.05, 3.63) is 53.8 Å². The van der Waals surface area contributed by atoms with Gasteiger partial charge in [-0.3, -0.25) is 0 Å². The van der Waals surface area contributed by atoms with Crippen LogP contribution in [0.5, 0.6) is 0 Å². The van der Waals surface area contributed by atoms with Gasteiger partial charge < -0.3 is 10.0 Å². The summed E-state index contributed by atoms with van der Waals surface area (Å²) in [5.41, 5.74) is 2.37. The molecule has 0 saturated heterocycles. The second-order valence-corrected chi connectivity index (χ2v) is 3.93. The molecule has 2 aromatic carbocycles. The molecule has 0 amide bonds. The molecule has 0 radical (unpaired) electrons. The summed E-state index contributed by atoms with van der Waals surface area (Å²) in [5.74, 6) is -0.607. The van der Waals surface area contributed by atoms with Gasteiger partial charge >= 0.3 is 7.12 Å². The Labute approximate surface area is 99.5 Å². The van der Waals surface area contributed by atoms with Gasteiger partial charge in [0.15, 0.2) is 0 Å². The van der Waals surface area contributed by atoms with E-state index in [9.17, 15) is 4.39 Å². The number of hydrogen-bond acceptors (Lipinski definition) is 2. The van der Waals surface area contributed by atoms with E-state index in [0.29, 0.717) is 0 Å². The van der Waals surface area contributed by atoms with E-state index >= 15 is 0 Å². The lowest BCUT2D eigenvalue weighted by Crippen LogP contribution is -2.33. The van der Waals surface area contributed by atoms with Crippen LogP contribution in [0.2, 0.25) is 0 Å². The second-order valence-electron chi connectivity index (χ2n) is 3.93. The average Bonchev–Trinajstić information content (AvgIpc) is 2.32. The van der Waals surface area contributed by atoms with Crippen LogP contribution in [-0.4, -0.2) is 17.2 Å². The zero-order chi connectivity index (χ0) is 12.4. The molecular weight excluding hydrogens is 218 g/mol. The standard InChI is InChI=1S/C13H12BFO2/c1-9-7-12(14(16)17)13(15)8-11(9)10-5-3-2-4-6-10/h2-8,16-17H,1H3. The predicted octanol–water partition coefficient (Wildman–Crippen LogP) is 1.48. The summed E-state index contributed by atoms with van der Waals surface area (Å²) in [6.07, 6.45) is 0. The Balaban J connectivity index is 2.55. The molecule has 0 saturated carbocycles. The van der Waals surface area contributed by atoms with Crippen LogP contribution in [-0.2, 0) is 0 Å². The Bertz CT molecular complexity index is 526. The summed E-state index contributed by atoms with van der Waals surface area (Å²) in [4.78, 5) is 0. The summed E-state index contributed by atoms with van der Waals surface area (Å²) < 4.78 is 13.6. The molecule has 17 heavy (non-hydrogen) atoms. The van der Waals surface area contributed by atoms with Crippen molar-refractivity contribution in [1.82, 2.24) is 0 Å². The fraction of sp³-hybridized carbons (Fsp3) is 0.0769. The maximum atomic E-state index is 13.6. The van der Waals surface area contributed by atoms with E-state index in [2.05, 4.69) is 0 Å². The van der Waals surface area contributed by atoms with Crippen molar-refractivity contribution in [2.24, 2.45) is 0 Å². The topological polar surface area (TPSA) is 40.5 Å². The van der Waals surface area contributed by atoms with E-state index in [0.717, 1.165) is 16.7 Å². The second kappa shape index (κ2) is 4.69. The van der Waals surface area contributed by atoms with E-state index in [1.54, 1.807) is 0 Å². The van der Waals surface area contributed by atoms with Gasteiger partial charge in [0.1, 0.15) is 5.82 Å². The molecule has 2 aromatic rings. The van der Waals surface area contributed by atoms with Gasteiger partial charge in [0.25, 0.3) is 0 Å². The highest BCUT2D eigenvalue weighted by Crippen LogP contribution is 2.23. The lowest BCUT2D eigenvalue weighted by molar-refractivity contribution is 0.423. The minimum atomic E-state index is -1.78. The van der Waals surface area contributed by atoms with Gasteiger partial charge in [-0.1, -0.05) is 36.4 Å². The smallest absolute Gasteiger partial charge is 0.423 e. The predicted molar refractivity (Wildman–Crippen MR) is 66.4 cm³/mol. The number of aryl methyl sites for hydroxylation is 1. The summed E-state index contributed by atoms with van der Waals surface area (Å²) in [6.45, 7) is 1.81. The molecular formula is C13H12BFO2. The first-order valence-electron chi connectivity index (χ1n) is 5.31. The largest absolute Gasteiger partial charge is 0.491 e. The number of benzene rings is 2. The fourth-order valence-corrected chi connectivity index (χ4v) is 1.83. The van der Waals surface area contributed by atoms with Crippen LogP contribution in [0.4, 0.5) is 4.39 Å². The normalized spacial score (nSPS) is 10.4. The van der Waals surface area contributed by atoms with E-state index < -0.39 is 12.9 Å². The third kappa shape index (κ3) is 2.38. The van der Waals surface area contributed by atoms with Crippen LogP contribution in [0, 0.1) is 12.7 Å². The monoisotopic (exact) mass is 230 g/mol. The van der Waals surface area contributed by atoms with Crippen LogP contribution >= 0.6 is 0 Å². The van der Waals surface area contributed by atoms with Gasteiger partial charge in [0, 0.05) is 5.46 Å². The van der Waals surface area contributed by atoms with Crippen LogP contribution in [0.15, 0.2) is 42.5 Å². The van der Waals surface area contributed by atoms with Gasteiger partial charge in [0.2, 0.25) is 0 Å². The molecule has 0 aromatic heterocycles.